The molecule has 0 fully saturated rings. The van der Waals surface area contributed by atoms with Crippen molar-refractivity contribution in [3.05, 3.63) is 47.5 Å². The van der Waals surface area contributed by atoms with E-state index in [0.29, 0.717) is 5.56 Å². The third-order valence-corrected chi connectivity index (χ3v) is 4.15. The average Bonchev–Trinajstić information content (AvgIpc) is 3.06. The quantitative estimate of drug-likeness (QED) is 0.384. The Hall–Kier alpha value is -2.47. The van der Waals surface area contributed by atoms with Gasteiger partial charge in [0.05, 0.1) is 13.2 Å². The normalized spacial score (nSPS) is 13.8. The highest BCUT2D eigenvalue weighted by Crippen LogP contribution is 2.23. The van der Waals surface area contributed by atoms with Crippen LogP contribution in [0.1, 0.15) is 40.7 Å². The van der Waals surface area contributed by atoms with Crippen molar-refractivity contribution in [1.82, 2.24) is 5.32 Å². The second kappa shape index (κ2) is 9.13. The molecule has 0 heterocycles. The minimum absolute atomic E-state index is 0.0461. The molecule has 0 spiro atoms. The molecule has 0 aliphatic heterocycles. The van der Waals surface area contributed by atoms with Crippen LogP contribution >= 0.6 is 0 Å². The molecule has 1 aromatic rings. The molecule has 25 heavy (non-hydrogen) atoms. The van der Waals surface area contributed by atoms with Gasteiger partial charge in [-0.15, -0.1) is 6.58 Å². The van der Waals surface area contributed by atoms with Crippen molar-refractivity contribution in [3.63, 3.8) is 0 Å². The Morgan fingerprint density at radius 2 is 2.00 bits per heavy atom. The van der Waals surface area contributed by atoms with Gasteiger partial charge in [0.25, 0.3) is 0 Å². The van der Waals surface area contributed by atoms with E-state index in [2.05, 4.69) is 11.9 Å². The van der Waals surface area contributed by atoms with Crippen LogP contribution in [-0.4, -0.2) is 42.0 Å². The van der Waals surface area contributed by atoms with E-state index in [1.165, 1.54) is 17.2 Å². The number of hydrogen-bond donors (Lipinski definition) is 2. The van der Waals surface area contributed by atoms with Crippen LogP contribution in [0.2, 0.25) is 0 Å². The number of rotatable bonds is 10. The lowest BCUT2D eigenvalue weighted by Crippen LogP contribution is -2.44. The summed E-state index contributed by atoms with van der Waals surface area (Å²) < 4.78 is 5.06. The molecule has 1 aliphatic carbocycles. The summed E-state index contributed by atoms with van der Waals surface area (Å²) in [5.74, 6) is -1.77. The summed E-state index contributed by atoms with van der Waals surface area (Å²) in [4.78, 5) is 35.3. The van der Waals surface area contributed by atoms with Crippen LogP contribution in [0.15, 0.2) is 30.9 Å². The highest BCUT2D eigenvalue weighted by Gasteiger charge is 2.21. The SMILES string of the molecule is C=CCOCC(NC(=O)CCC(=O)c1ccc2c(c1)CCC2)C(=O)O. The Morgan fingerprint density at radius 3 is 2.72 bits per heavy atom. The van der Waals surface area contributed by atoms with Crippen molar-refractivity contribution in [2.75, 3.05) is 13.2 Å². The van der Waals surface area contributed by atoms with E-state index >= 15 is 0 Å². The van der Waals surface area contributed by atoms with Crippen molar-refractivity contribution in [3.8, 4) is 0 Å². The number of carboxylic acids is 1. The standard InChI is InChI=1S/C19H23NO5/c1-2-10-25-12-16(19(23)24)20-18(22)9-8-17(21)15-7-6-13-4-3-5-14(13)11-15/h2,6-7,11,16H,1,3-5,8-10,12H2,(H,20,22)(H,23,24). The zero-order valence-electron chi connectivity index (χ0n) is 14.1. The Balaban J connectivity index is 1.82. The second-order valence-electron chi connectivity index (χ2n) is 6.04. The molecule has 0 saturated heterocycles. The van der Waals surface area contributed by atoms with Crippen LogP contribution in [0.25, 0.3) is 0 Å². The van der Waals surface area contributed by atoms with E-state index in [0.717, 1.165) is 19.3 Å². The largest absolute Gasteiger partial charge is 0.480 e. The Morgan fingerprint density at radius 1 is 1.24 bits per heavy atom. The fourth-order valence-corrected chi connectivity index (χ4v) is 2.83. The maximum Gasteiger partial charge on any atom is 0.328 e. The van der Waals surface area contributed by atoms with Gasteiger partial charge in [-0.05, 0) is 36.5 Å². The number of carboxylic acid groups (broad SMARTS) is 1. The zero-order valence-corrected chi connectivity index (χ0v) is 14.1. The number of amides is 1. The molecule has 1 aromatic carbocycles. The monoisotopic (exact) mass is 345 g/mol. The first kappa shape index (κ1) is 18.9. The molecule has 1 unspecified atom stereocenters. The molecule has 0 radical (unpaired) electrons. The first-order valence-corrected chi connectivity index (χ1v) is 8.37. The highest BCUT2D eigenvalue weighted by atomic mass is 16.5. The Kier molecular flexibility index (Phi) is 6.89. The Labute approximate surface area is 146 Å². The van der Waals surface area contributed by atoms with E-state index in [9.17, 15) is 14.4 Å². The summed E-state index contributed by atoms with van der Waals surface area (Å²) in [6.07, 6.45) is 4.64. The number of benzene rings is 1. The lowest BCUT2D eigenvalue weighted by atomic mass is 10.0. The fraction of sp³-hybridized carbons (Fsp3) is 0.421. The molecular weight excluding hydrogens is 322 g/mol. The van der Waals surface area contributed by atoms with Gasteiger partial charge >= 0.3 is 5.97 Å². The van der Waals surface area contributed by atoms with E-state index in [4.69, 9.17) is 9.84 Å². The van der Waals surface area contributed by atoms with Crippen molar-refractivity contribution in [1.29, 1.82) is 0 Å². The fourth-order valence-electron chi connectivity index (χ4n) is 2.83. The van der Waals surface area contributed by atoms with Crippen molar-refractivity contribution in [2.24, 2.45) is 0 Å². The van der Waals surface area contributed by atoms with Gasteiger partial charge in [-0.25, -0.2) is 4.79 Å². The minimum Gasteiger partial charge on any atom is -0.480 e. The van der Waals surface area contributed by atoms with Gasteiger partial charge in [0.1, 0.15) is 0 Å². The summed E-state index contributed by atoms with van der Waals surface area (Å²) in [5, 5.41) is 11.5. The third-order valence-electron chi connectivity index (χ3n) is 4.15. The van der Waals surface area contributed by atoms with Crippen LogP contribution in [0.5, 0.6) is 0 Å². The van der Waals surface area contributed by atoms with Crippen LogP contribution in [0.3, 0.4) is 0 Å². The van der Waals surface area contributed by atoms with Gasteiger partial charge < -0.3 is 15.2 Å². The van der Waals surface area contributed by atoms with Gasteiger partial charge in [0, 0.05) is 18.4 Å². The maximum absolute atomic E-state index is 12.2. The Bertz CT molecular complexity index is 668. The van der Waals surface area contributed by atoms with Gasteiger partial charge in [-0.3, -0.25) is 9.59 Å². The molecule has 6 nitrogen and oxygen atoms in total. The summed E-state index contributed by atoms with van der Waals surface area (Å²) in [6, 6.07) is 4.55. The predicted molar refractivity (Wildman–Crippen MR) is 92.6 cm³/mol. The number of nitrogens with one attached hydrogen (secondary N) is 1. The number of Topliss-reactive ketones (excluding diaryl/α,β-unsaturated/α-hetero) is 1. The maximum atomic E-state index is 12.2. The van der Waals surface area contributed by atoms with Crippen molar-refractivity contribution >= 4 is 17.7 Å². The molecule has 0 saturated carbocycles. The zero-order chi connectivity index (χ0) is 18.2. The average molecular weight is 345 g/mol. The predicted octanol–water partition coefficient (Wildman–Crippen LogP) is 1.91. The molecule has 1 amide bonds. The molecule has 1 atom stereocenters. The van der Waals surface area contributed by atoms with Crippen LogP contribution in [-0.2, 0) is 27.2 Å². The van der Waals surface area contributed by atoms with Crippen LogP contribution in [0.4, 0.5) is 0 Å². The lowest BCUT2D eigenvalue weighted by molar-refractivity contribution is -0.143. The van der Waals surface area contributed by atoms with Gasteiger partial charge in [-0.2, -0.15) is 0 Å². The minimum atomic E-state index is -1.18. The van der Waals surface area contributed by atoms with E-state index in [1.807, 2.05) is 12.1 Å². The number of hydrogen-bond acceptors (Lipinski definition) is 4. The molecule has 2 rings (SSSR count). The van der Waals surface area contributed by atoms with Gasteiger partial charge in [-0.1, -0.05) is 18.2 Å². The number of carbonyl (C=O) groups is 3. The number of carbonyl (C=O) groups excluding carboxylic acids is 2. The van der Waals surface area contributed by atoms with Gasteiger partial charge in [0.15, 0.2) is 11.8 Å². The smallest absolute Gasteiger partial charge is 0.328 e. The number of ketones is 1. The molecular formula is C19H23NO5. The molecule has 6 heteroatoms. The van der Waals surface area contributed by atoms with E-state index in [-0.39, 0.29) is 31.8 Å². The first-order chi connectivity index (χ1) is 12.0. The molecule has 2 N–H and O–H groups in total. The summed E-state index contributed by atoms with van der Waals surface area (Å²) in [6.45, 7) is 3.52. The van der Waals surface area contributed by atoms with Crippen LogP contribution in [0, 0.1) is 0 Å². The highest BCUT2D eigenvalue weighted by molar-refractivity contribution is 5.98. The number of ether oxygens (including phenoxy) is 1. The molecule has 1 aliphatic rings. The van der Waals surface area contributed by atoms with E-state index in [1.54, 1.807) is 6.07 Å². The number of aryl methyl sites for hydroxylation is 2. The topological polar surface area (TPSA) is 92.7 Å². The third kappa shape index (κ3) is 5.53. The lowest BCUT2D eigenvalue weighted by Gasteiger charge is -2.14. The van der Waals surface area contributed by atoms with Crippen molar-refractivity contribution < 1.29 is 24.2 Å². The van der Waals surface area contributed by atoms with Gasteiger partial charge in [0.2, 0.25) is 5.91 Å². The number of fused-ring (bicyclic) bond motifs is 1. The molecule has 134 valence electrons. The second-order valence-corrected chi connectivity index (χ2v) is 6.04. The van der Waals surface area contributed by atoms with E-state index < -0.39 is 17.9 Å². The van der Waals surface area contributed by atoms with Crippen LogP contribution < -0.4 is 5.32 Å². The number of aliphatic carboxylic acids is 1. The summed E-state index contributed by atoms with van der Waals surface area (Å²) in [5.41, 5.74) is 3.11. The summed E-state index contributed by atoms with van der Waals surface area (Å²) in [7, 11) is 0. The molecule has 0 bridgehead atoms. The molecule has 0 aromatic heterocycles. The van der Waals surface area contributed by atoms with Crippen molar-refractivity contribution in [2.45, 2.75) is 38.1 Å². The summed E-state index contributed by atoms with van der Waals surface area (Å²) >= 11 is 0. The first-order valence-electron chi connectivity index (χ1n) is 8.37.